The third-order valence-electron chi connectivity index (χ3n) is 1.00. The molecule has 0 spiro atoms. The van der Waals surface area contributed by atoms with Gasteiger partial charge in [-0.15, -0.1) is 0 Å². The van der Waals surface area contributed by atoms with E-state index in [4.69, 9.17) is 11.6 Å². The molecule has 0 saturated carbocycles. The van der Waals surface area contributed by atoms with Crippen molar-refractivity contribution in [2.24, 2.45) is 0 Å². The fraction of sp³-hybridized carbons (Fsp3) is 0. The molecule has 1 heterocycles. The first-order valence-corrected chi connectivity index (χ1v) is 2.93. The summed E-state index contributed by atoms with van der Waals surface area (Å²) < 4.78 is 0. The van der Waals surface area contributed by atoms with Crippen LogP contribution in [-0.2, 0) is 0 Å². The summed E-state index contributed by atoms with van der Waals surface area (Å²) in [6, 6.07) is 5.29. The number of rotatable bonds is 1. The van der Waals surface area contributed by atoms with Crippen molar-refractivity contribution in [2.75, 3.05) is 0 Å². The van der Waals surface area contributed by atoms with E-state index < -0.39 is 5.24 Å². The molecular formula is C6H4BClO. The maximum atomic E-state index is 10.4. The summed E-state index contributed by atoms with van der Waals surface area (Å²) >= 11 is 5.16. The van der Waals surface area contributed by atoms with E-state index in [-0.39, 0.29) is 0 Å². The van der Waals surface area contributed by atoms with Crippen molar-refractivity contribution in [3.8, 4) is 0 Å². The van der Waals surface area contributed by atoms with Crippen LogP contribution in [0.1, 0.15) is 10.3 Å². The van der Waals surface area contributed by atoms with Gasteiger partial charge in [0.1, 0.15) is 0 Å². The second-order valence-electron chi connectivity index (χ2n) is 1.64. The number of carbonyl (C=O) groups excluding carboxylic acids is 1. The number of carbonyl (C=O) groups is 1. The molecule has 1 rings (SSSR count). The van der Waals surface area contributed by atoms with Crippen LogP contribution in [0.4, 0.5) is 0 Å². The average Bonchev–Trinajstić information content (AvgIpc) is 1.90. The Hall–Kier alpha value is -0.625. The van der Waals surface area contributed by atoms with Gasteiger partial charge in [-0.3, -0.25) is 0 Å². The van der Waals surface area contributed by atoms with Crippen molar-refractivity contribution < 1.29 is 4.79 Å². The second kappa shape index (κ2) is 2.78. The zero-order valence-corrected chi connectivity index (χ0v) is 5.43. The van der Waals surface area contributed by atoms with Gasteiger partial charge in [0.2, 0.25) is 0 Å². The molecule has 1 aromatic heterocycles. The Morgan fingerprint density at radius 2 is 2.33 bits per heavy atom. The van der Waals surface area contributed by atoms with Crippen LogP contribution in [0.15, 0.2) is 24.2 Å². The summed E-state index contributed by atoms with van der Waals surface area (Å²) in [7, 11) is 0. The monoisotopic (exact) mass is 138 g/mol. The normalized spacial score (nSPS) is 8.56. The molecule has 0 unspecified atom stereocenters. The van der Waals surface area contributed by atoms with Gasteiger partial charge in [-0.05, 0) is 0 Å². The molecule has 0 saturated heterocycles. The Labute approximate surface area is 58.9 Å². The van der Waals surface area contributed by atoms with Gasteiger partial charge in [-0.2, -0.15) is 0 Å². The quantitative estimate of drug-likeness (QED) is 0.536. The van der Waals surface area contributed by atoms with E-state index in [1.165, 1.54) is 0 Å². The van der Waals surface area contributed by atoms with Crippen LogP contribution in [0.3, 0.4) is 0 Å². The Kier molecular flexibility index (Phi) is 2.01. The van der Waals surface area contributed by atoms with Crippen molar-refractivity contribution >= 4 is 23.8 Å². The number of hydrogen-bond acceptors (Lipinski definition) is 1. The van der Waals surface area contributed by atoms with Crippen molar-refractivity contribution in [1.29, 1.82) is 0 Å². The summed E-state index contributed by atoms with van der Waals surface area (Å²) in [4.78, 5) is 10.4. The first kappa shape index (κ1) is 6.49. The average molecular weight is 138 g/mol. The molecule has 0 radical (unpaired) electrons. The van der Waals surface area contributed by atoms with Gasteiger partial charge < -0.3 is 0 Å². The van der Waals surface area contributed by atoms with E-state index in [0.717, 1.165) is 0 Å². The summed E-state index contributed by atoms with van der Waals surface area (Å²) in [6.07, 6.45) is 0. The Morgan fingerprint density at radius 1 is 1.56 bits per heavy atom. The molecule has 0 aromatic carbocycles. The van der Waals surface area contributed by atoms with E-state index in [2.05, 4.69) is 0 Å². The molecule has 9 heavy (non-hydrogen) atoms. The fourth-order valence-corrected chi connectivity index (χ4v) is 0.695. The molecule has 44 valence electrons. The standard InChI is InChI=1S/C6H4BClO/c8-6(9)5-3-1-2-4-7-5/h1-4H. The van der Waals surface area contributed by atoms with Gasteiger partial charge in [-0.1, -0.05) is 0 Å². The first-order chi connectivity index (χ1) is 4.30. The topological polar surface area (TPSA) is 17.1 Å². The van der Waals surface area contributed by atoms with E-state index >= 15 is 0 Å². The molecule has 0 atom stereocenters. The molecule has 3 heteroatoms. The number of halogens is 1. The summed E-state index contributed by atoms with van der Waals surface area (Å²) in [5.41, 5.74) is 0.541. The molecule has 0 aliphatic heterocycles. The van der Waals surface area contributed by atoms with Crippen molar-refractivity contribution in [2.45, 2.75) is 0 Å². The van der Waals surface area contributed by atoms with Crippen LogP contribution in [0.5, 0.6) is 0 Å². The summed E-state index contributed by atoms with van der Waals surface area (Å²) in [5.74, 6) is 1.77. The van der Waals surface area contributed by atoms with Gasteiger partial charge in [0.05, 0.1) is 0 Å². The first-order valence-electron chi connectivity index (χ1n) is 2.55. The zero-order chi connectivity index (χ0) is 6.69. The molecule has 0 N–H and O–H groups in total. The van der Waals surface area contributed by atoms with Gasteiger partial charge >= 0.3 is 58.2 Å². The van der Waals surface area contributed by atoms with Crippen LogP contribution in [0.25, 0.3) is 0 Å². The van der Waals surface area contributed by atoms with Crippen LogP contribution < -0.4 is 0 Å². The Balaban J connectivity index is 2.98. The van der Waals surface area contributed by atoms with Crippen molar-refractivity contribution in [3.63, 3.8) is 0 Å². The van der Waals surface area contributed by atoms with Gasteiger partial charge in [-0.25, -0.2) is 0 Å². The van der Waals surface area contributed by atoms with E-state index in [9.17, 15) is 4.79 Å². The SMILES string of the molecule is O=C(Cl)c1bcccc1. The second-order valence-corrected chi connectivity index (χ2v) is 1.98. The molecule has 0 aliphatic rings. The van der Waals surface area contributed by atoms with Gasteiger partial charge in [0.15, 0.2) is 0 Å². The van der Waals surface area contributed by atoms with Gasteiger partial charge in [0.25, 0.3) is 0 Å². The molecule has 0 bridgehead atoms. The van der Waals surface area contributed by atoms with Crippen molar-refractivity contribution in [1.82, 2.24) is 0 Å². The molecular weight excluding hydrogens is 134 g/mol. The van der Waals surface area contributed by atoms with Gasteiger partial charge in [0, 0.05) is 0 Å². The number of hydrogen-bond donors (Lipinski definition) is 0. The molecule has 0 aliphatic carbocycles. The molecule has 1 aromatic rings. The summed E-state index contributed by atoms with van der Waals surface area (Å²) in [6.45, 7) is 1.68. The van der Waals surface area contributed by atoms with Crippen LogP contribution >= 0.6 is 11.6 Å². The Bertz CT molecular complexity index is 210. The Morgan fingerprint density at radius 3 is 2.67 bits per heavy atom. The predicted molar refractivity (Wildman–Crippen MR) is 38.0 cm³/mol. The minimum atomic E-state index is -0.407. The van der Waals surface area contributed by atoms with Crippen LogP contribution in [0.2, 0.25) is 0 Å². The molecule has 1 nitrogen and oxygen atoms in total. The third-order valence-corrected chi connectivity index (χ3v) is 1.22. The maximum absolute atomic E-state index is 10.4. The molecule has 0 fully saturated rings. The predicted octanol–water partition coefficient (Wildman–Crippen LogP) is 1.40. The third kappa shape index (κ3) is 1.65. The summed E-state index contributed by atoms with van der Waals surface area (Å²) in [5, 5.41) is -0.407. The minimum absolute atomic E-state index is 0.407. The van der Waals surface area contributed by atoms with E-state index in [1.807, 2.05) is 6.07 Å². The fourth-order valence-electron chi connectivity index (χ4n) is 0.569. The molecule has 0 amide bonds. The van der Waals surface area contributed by atoms with Crippen LogP contribution in [-0.4, -0.2) is 12.2 Å². The zero-order valence-electron chi connectivity index (χ0n) is 4.67. The van der Waals surface area contributed by atoms with E-state index in [0.29, 0.717) is 5.46 Å². The van der Waals surface area contributed by atoms with E-state index in [1.54, 1.807) is 25.0 Å². The van der Waals surface area contributed by atoms with Crippen LogP contribution in [0, 0.1) is 0 Å². The van der Waals surface area contributed by atoms with Crippen molar-refractivity contribution in [3.05, 3.63) is 29.6 Å².